The summed E-state index contributed by atoms with van der Waals surface area (Å²) in [5.74, 6) is -0.292. The van der Waals surface area contributed by atoms with Crippen LogP contribution in [0, 0.1) is 0 Å². The molecule has 25 heavy (non-hydrogen) atoms. The summed E-state index contributed by atoms with van der Waals surface area (Å²) in [6.45, 7) is 3.59. The number of ether oxygens (including phenoxy) is 1. The molecule has 0 heterocycles. The van der Waals surface area contributed by atoms with E-state index in [9.17, 15) is 14.4 Å². The molecule has 0 aliphatic carbocycles. The predicted octanol–water partition coefficient (Wildman–Crippen LogP) is 0.0360. The number of halogens is 1. The molecule has 1 unspecified atom stereocenters. The van der Waals surface area contributed by atoms with Crippen LogP contribution in [0.1, 0.15) is 13.8 Å². The van der Waals surface area contributed by atoms with Gasteiger partial charge in [-0.1, -0.05) is 11.6 Å². The maximum atomic E-state index is 12.1. The molecule has 0 radical (unpaired) electrons. The maximum Gasteiger partial charge on any atom is 0.321 e. The number of amides is 4. The van der Waals surface area contributed by atoms with Crippen LogP contribution in [-0.2, 0) is 9.59 Å². The molecule has 1 atom stereocenters. The van der Waals surface area contributed by atoms with E-state index in [1.54, 1.807) is 39.1 Å². The van der Waals surface area contributed by atoms with Gasteiger partial charge in [-0.05, 0) is 32.0 Å². The number of quaternary nitrogens is 1. The molecular formula is C16H24ClN4O4+. The van der Waals surface area contributed by atoms with Gasteiger partial charge in [-0.15, -0.1) is 0 Å². The van der Waals surface area contributed by atoms with E-state index in [2.05, 4.69) is 16.0 Å². The first-order valence-corrected chi connectivity index (χ1v) is 8.14. The van der Waals surface area contributed by atoms with Gasteiger partial charge in [0.25, 0.3) is 11.8 Å². The molecule has 0 aliphatic rings. The van der Waals surface area contributed by atoms with E-state index in [4.69, 9.17) is 16.3 Å². The lowest BCUT2D eigenvalue weighted by molar-refractivity contribution is -0.862. The number of likely N-dealkylation sites (N-methyl/N-ethyl adjacent to an activating group) is 1. The molecule has 0 saturated carbocycles. The fourth-order valence-corrected chi connectivity index (χ4v) is 2.22. The van der Waals surface area contributed by atoms with E-state index in [-0.39, 0.29) is 25.0 Å². The number of urea groups is 1. The molecule has 0 spiro atoms. The number of rotatable bonds is 7. The monoisotopic (exact) mass is 371 g/mol. The molecule has 4 amide bonds. The van der Waals surface area contributed by atoms with Crippen molar-refractivity contribution in [1.82, 2.24) is 10.6 Å². The van der Waals surface area contributed by atoms with Crippen LogP contribution < -0.4 is 25.6 Å². The van der Waals surface area contributed by atoms with Crippen molar-refractivity contribution in [3.05, 3.63) is 23.2 Å². The molecule has 138 valence electrons. The van der Waals surface area contributed by atoms with Gasteiger partial charge in [0.15, 0.2) is 13.1 Å². The van der Waals surface area contributed by atoms with Crippen LogP contribution in [0.5, 0.6) is 5.75 Å². The Morgan fingerprint density at radius 1 is 1.20 bits per heavy atom. The molecule has 1 aromatic rings. The third-order valence-electron chi connectivity index (χ3n) is 3.03. The van der Waals surface area contributed by atoms with Crippen LogP contribution in [-0.4, -0.2) is 51.1 Å². The van der Waals surface area contributed by atoms with Gasteiger partial charge in [-0.25, -0.2) is 4.79 Å². The fraction of sp³-hybridized carbons (Fsp3) is 0.438. The van der Waals surface area contributed by atoms with Gasteiger partial charge < -0.3 is 20.3 Å². The van der Waals surface area contributed by atoms with Crippen molar-refractivity contribution in [2.24, 2.45) is 0 Å². The summed E-state index contributed by atoms with van der Waals surface area (Å²) in [5, 5.41) is 7.92. The Bertz CT molecular complexity index is 637. The molecule has 1 rings (SSSR count). The zero-order chi connectivity index (χ0) is 19.0. The van der Waals surface area contributed by atoms with Crippen LogP contribution in [0.15, 0.2) is 18.2 Å². The minimum atomic E-state index is -0.555. The van der Waals surface area contributed by atoms with E-state index < -0.39 is 11.9 Å². The Morgan fingerprint density at radius 3 is 2.44 bits per heavy atom. The van der Waals surface area contributed by atoms with Crippen molar-refractivity contribution >= 4 is 35.1 Å². The quantitative estimate of drug-likeness (QED) is 0.543. The zero-order valence-electron chi connectivity index (χ0n) is 14.7. The van der Waals surface area contributed by atoms with Crippen molar-refractivity contribution < 1.29 is 24.0 Å². The van der Waals surface area contributed by atoms with E-state index in [0.29, 0.717) is 21.4 Å². The third kappa shape index (κ3) is 7.86. The van der Waals surface area contributed by atoms with Crippen molar-refractivity contribution in [2.75, 3.05) is 32.6 Å². The topological polar surface area (TPSA) is 101 Å². The molecule has 0 saturated heterocycles. The minimum Gasteiger partial charge on any atom is -0.495 e. The van der Waals surface area contributed by atoms with Gasteiger partial charge in [0.05, 0.1) is 19.8 Å². The van der Waals surface area contributed by atoms with E-state index in [1.165, 1.54) is 7.11 Å². The first-order chi connectivity index (χ1) is 11.7. The third-order valence-corrected chi connectivity index (χ3v) is 3.27. The highest BCUT2D eigenvalue weighted by Gasteiger charge is 2.17. The fourth-order valence-electron chi connectivity index (χ4n) is 2.05. The number of methoxy groups -OCH3 is 1. The smallest absolute Gasteiger partial charge is 0.321 e. The molecule has 8 nitrogen and oxygen atoms in total. The van der Waals surface area contributed by atoms with Gasteiger partial charge in [-0.3, -0.25) is 14.9 Å². The average molecular weight is 372 g/mol. The van der Waals surface area contributed by atoms with Crippen LogP contribution in [0.2, 0.25) is 5.02 Å². The molecule has 0 aromatic heterocycles. The zero-order valence-corrected chi connectivity index (χ0v) is 15.5. The second-order valence-corrected chi connectivity index (χ2v) is 6.32. The number of benzene rings is 1. The van der Waals surface area contributed by atoms with Gasteiger partial charge in [0, 0.05) is 11.1 Å². The van der Waals surface area contributed by atoms with Crippen LogP contribution >= 0.6 is 11.6 Å². The predicted molar refractivity (Wildman–Crippen MR) is 95.1 cm³/mol. The van der Waals surface area contributed by atoms with Crippen LogP contribution in [0.3, 0.4) is 0 Å². The Kier molecular flexibility index (Phi) is 8.17. The Labute approximate surface area is 151 Å². The van der Waals surface area contributed by atoms with Gasteiger partial charge in [0.2, 0.25) is 0 Å². The van der Waals surface area contributed by atoms with Crippen molar-refractivity contribution in [1.29, 1.82) is 0 Å². The first-order valence-electron chi connectivity index (χ1n) is 7.76. The largest absolute Gasteiger partial charge is 0.495 e. The standard InChI is InChI=1S/C16H23ClN4O4/c1-10(2)18-16(24)20-15(23)9-21(3)8-14(22)19-12-7-11(17)5-6-13(12)25-4/h5-7,10H,8-9H2,1-4H3,(H,19,22)(H2,18,20,23,24)/p+1. The Morgan fingerprint density at radius 2 is 1.84 bits per heavy atom. The second-order valence-electron chi connectivity index (χ2n) is 5.88. The van der Waals surface area contributed by atoms with Crippen LogP contribution in [0.25, 0.3) is 0 Å². The summed E-state index contributed by atoms with van der Waals surface area (Å²) in [4.78, 5) is 36.0. The van der Waals surface area contributed by atoms with E-state index >= 15 is 0 Å². The Balaban J connectivity index is 2.50. The van der Waals surface area contributed by atoms with E-state index in [1.807, 2.05) is 0 Å². The number of nitrogens with one attached hydrogen (secondary N) is 4. The Hall–Kier alpha value is -2.32. The molecule has 1 aromatic carbocycles. The molecule has 0 bridgehead atoms. The highest BCUT2D eigenvalue weighted by Crippen LogP contribution is 2.27. The molecule has 0 aliphatic heterocycles. The number of imide groups is 1. The van der Waals surface area contributed by atoms with Crippen molar-refractivity contribution in [3.8, 4) is 5.75 Å². The van der Waals surface area contributed by atoms with Crippen LogP contribution in [0.4, 0.5) is 10.5 Å². The molecule has 4 N–H and O–H groups in total. The highest BCUT2D eigenvalue weighted by atomic mass is 35.5. The minimum absolute atomic E-state index is 0.0222. The van der Waals surface area contributed by atoms with Gasteiger partial charge >= 0.3 is 6.03 Å². The summed E-state index contributed by atoms with van der Waals surface area (Å²) in [5.41, 5.74) is 0.452. The average Bonchev–Trinajstić information content (AvgIpc) is 2.45. The summed E-state index contributed by atoms with van der Waals surface area (Å²) in [6, 6.07) is 4.25. The summed E-state index contributed by atoms with van der Waals surface area (Å²) >= 11 is 5.91. The summed E-state index contributed by atoms with van der Waals surface area (Å²) in [7, 11) is 3.16. The first kappa shape index (κ1) is 20.7. The number of anilines is 1. The highest BCUT2D eigenvalue weighted by molar-refractivity contribution is 6.31. The number of hydrogen-bond acceptors (Lipinski definition) is 4. The second kappa shape index (κ2) is 9.85. The van der Waals surface area contributed by atoms with Gasteiger partial charge in [0.1, 0.15) is 5.75 Å². The number of carbonyl (C=O) groups is 3. The van der Waals surface area contributed by atoms with Crippen molar-refractivity contribution in [3.63, 3.8) is 0 Å². The SMILES string of the molecule is COc1ccc(Cl)cc1NC(=O)C[NH+](C)CC(=O)NC(=O)NC(C)C. The summed E-state index contributed by atoms with van der Waals surface area (Å²) < 4.78 is 5.16. The molecule has 0 fully saturated rings. The molecular weight excluding hydrogens is 348 g/mol. The summed E-state index contributed by atoms with van der Waals surface area (Å²) in [6.07, 6.45) is 0. The molecule has 9 heteroatoms. The lowest BCUT2D eigenvalue weighted by atomic mass is 10.3. The van der Waals surface area contributed by atoms with Gasteiger partial charge in [-0.2, -0.15) is 0 Å². The lowest BCUT2D eigenvalue weighted by Gasteiger charge is -2.15. The number of hydrogen-bond donors (Lipinski definition) is 4. The van der Waals surface area contributed by atoms with Crippen molar-refractivity contribution in [2.45, 2.75) is 19.9 Å². The maximum absolute atomic E-state index is 12.1. The number of carbonyl (C=O) groups excluding carboxylic acids is 3. The lowest BCUT2D eigenvalue weighted by Crippen LogP contribution is -3.11. The normalized spacial score (nSPS) is 11.6. The van der Waals surface area contributed by atoms with E-state index in [0.717, 1.165) is 0 Å².